The van der Waals surface area contributed by atoms with Crippen molar-refractivity contribution in [1.82, 2.24) is 4.98 Å². The quantitative estimate of drug-likeness (QED) is 0.695. The Morgan fingerprint density at radius 2 is 1.97 bits per heavy atom. The van der Waals surface area contributed by atoms with Crippen LogP contribution in [0.1, 0.15) is 15.9 Å². The van der Waals surface area contributed by atoms with E-state index in [1.165, 1.54) is 0 Å². The van der Waals surface area contributed by atoms with Crippen LogP contribution < -0.4 is 15.0 Å². The number of pyridine rings is 1. The van der Waals surface area contributed by atoms with Crippen molar-refractivity contribution in [3.05, 3.63) is 83.1 Å². The largest absolute Gasteiger partial charge is 0.484 e. The number of hydrogen-bond donors (Lipinski definition) is 1. The molecule has 2 amide bonds. The van der Waals surface area contributed by atoms with Gasteiger partial charge < -0.3 is 15.0 Å². The molecule has 0 fully saturated rings. The molecule has 0 spiro atoms. The molecule has 1 N–H and O–H groups in total. The topological polar surface area (TPSA) is 71.5 Å². The average molecular weight is 408 g/mol. The van der Waals surface area contributed by atoms with Crippen molar-refractivity contribution in [2.45, 2.75) is 6.42 Å². The van der Waals surface area contributed by atoms with E-state index in [0.717, 1.165) is 17.7 Å². The summed E-state index contributed by atoms with van der Waals surface area (Å²) >= 11 is 5.83. The summed E-state index contributed by atoms with van der Waals surface area (Å²) in [5.74, 6) is 0.231. The molecular weight excluding hydrogens is 390 g/mol. The summed E-state index contributed by atoms with van der Waals surface area (Å²) in [7, 11) is 0. The predicted octanol–water partition coefficient (Wildman–Crippen LogP) is 3.96. The minimum atomic E-state index is -0.263. The van der Waals surface area contributed by atoms with Crippen LogP contribution in [-0.4, -0.2) is 29.9 Å². The number of rotatable bonds is 5. The molecule has 0 unspecified atom stereocenters. The van der Waals surface area contributed by atoms with Gasteiger partial charge in [0.2, 0.25) is 0 Å². The van der Waals surface area contributed by atoms with Gasteiger partial charge in [-0.1, -0.05) is 11.6 Å². The zero-order valence-corrected chi connectivity index (χ0v) is 16.2. The third-order valence-corrected chi connectivity index (χ3v) is 4.85. The summed E-state index contributed by atoms with van der Waals surface area (Å²) in [6, 6.07) is 15.9. The maximum Gasteiger partial charge on any atom is 0.262 e. The van der Waals surface area contributed by atoms with E-state index in [1.807, 2.05) is 12.1 Å². The second kappa shape index (κ2) is 8.32. The van der Waals surface area contributed by atoms with Crippen molar-refractivity contribution in [3.8, 4) is 5.75 Å². The molecule has 1 aliphatic rings. The van der Waals surface area contributed by atoms with Crippen LogP contribution >= 0.6 is 11.6 Å². The number of aromatic nitrogens is 1. The van der Waals surface area contributed by atoms with Gasteiger partial charge in [-0.05, 0) is 66.6 Å². The summed E-state index contributed by atoms with van der Waals surface area (Å²) in [5, 5.41) is 3.43. The van der Waals surface area contributed by atoms with Crippen LogP contribution in [0.5, 0.6) is 5.75 Å². The molecule has 3 aromatic rings. The molecule has 7 heteroatoms. The van der Waals surface area contributed by atoms with Crippen molar-refractivity contribution in [3.63, 3.8) is 0 Å². The Morgan fingerprint density at radius 1 is 1.14 bits per heavy atom. The Labute approximate surface area is 173 Å². The number of hydrogen-bond acceptors (Lipinski definition) is 4. The van der Waals surface area contributed by atoms with Gasteiger partial charge in [0.1, 0.15) is 5.75 Å². The Bertz CT molecular complexity index is 1040. The second-order valence-corrected chi connectivity index (χ2v) is 7.02. The van der Waals surface area contributed by atoms with Gasteiger partial charge in [0.15, 0.2) is 6.61 Å². The Morgan fingerprint density at radius 3 is 2.72 bits per heavy atom. The maximum atomic E-state index is 12.7. The Balaban J connectivity index is 1.39. The Kier molecular flexibility index (Phi) is 5.44. The molecule has 6 nitrogen and oxygen atoms in total. The first-order chi connectivity index (χ1) is 14.1. The lowest BCUT2D eigenvalue weighted by molar-refractivity contribution is -0.118. The number of carbonyl (C=O) groups is 2. The van der Waals surface area contributed by atoms with Crippen molar-refractivity contribution in [2.24, 2.45) is 0 Å². The lowest BCUT2D eigenvalue weighted by Gasteiger charge is -2.17. The monoisotopic (exact) mass is 407 g/mol. The van der Waals surface area contributed by atoms with Gasteiger partial charge in [0.25, 0.3) is 11.8 Å². The van der Waals surface area contributed by atoms with Gasteiger partial charge in [-0.25, -0.2) is 0 Å². The number of halogens is 1. The van der Waals surface area contributed by atoms with Crippen molar-refractivity contribution < 1.29 is 14.3 Å². The number of nitrogens with zero attached hydrogens (tertiary/aromatic N) is 2. The fraction of sp³-hybridized carbons (Fsp3) is 0.136. The molecule has 0 saturated carbocycles. The molecule has 0 radical (unpaired) electrons. The molecule has 146 valence electrons. The fourth-order valence-electron chi connectivity index (χ4n) is 3.21. The van der Waals surface area contributed by atoms with E-state index in [4.69, 9.17) is 16.3 Å². The molecule has 0 bridgehead atoms. The lowest BCUT2D eigenvalue weighted by Crippen LogP contribution is -2.28. The normalized spacial score (nSPS) is 12.4. The van der Waals surface area contributed by atoms with Crippen LogP contribution in [0.2, 0.25) is 5.02 Å². The number of benzene rings is 2. The maximum absolute atomic E-state index is 12.7. The van der Waals surface area contributed by atoms with Gasteiger partial charge >= 0.3 is 0 Å². The third kappa shape index (κ3) is 4.38. The molecule has 0 aliphatic carbocycles. The second-order valence-electron chi connectivity index (χ2n) is 6.58. The molecule has 2 heterocycles. The van der Waals surface area contributed by atoms with E-state index in [9.17, 15) is 9.59 Å². The first-order valence-electron chi connectivity index (χ1n) is 9.13. The summed E-state index contributed by atoms with van der Waals surface area (Å²) in [6.45, 7) is 0.491. The number of carbonyl (C=O) groups excluding carboxylic acids is 2. The molecular formula is C22H18ClN3O3. The van der Waals surface area contributed by atoms with Gasteiger partial charge in [-0.15, -0.1) is 0 Å². The van der Waals surface area contributed by atoms with Crippen LogP contribution in [0.25, 0.3) is 0 Å². The molecule has 2 aromatic carbocycles. The van der Waals surface area contributed by atoms with Crippen molar-refractivity contribution in [1.29, 1.82) is 0 Å². The molecule has 1 aromatic heterocycles. The molecule has 4 rings (SSSR count). The SMILES string of the molecule is O=C(COc1ccc(Cl)cc1)Nc1ccc2c(c1)CCN2C(=O)c1cccnc1. The minimum Gasteiger partial charge on any atom is -0.484 e. The first-order valence-corrected chi connectivity index (χ1v) is 9.51. The van der Waals surface area contributed by atoms with Gasteiger partial charge in [-0.2, -0.15) is 0 Å². The fourth-order valence-corrected chi connectivity index (χ4v) is 3.34. The third-order valence-electron chi connectivity index (χ3n) is 4.60. The van der Waals surface area contributed by atoms with Crippen molar-refractivity contribution in [2.75, 3.05) is 23.4 Å². The zero-order valence-electron chi connectivity index (χ0n) is 15.5. The van der Waals surface area contributed by atoms with Gasteiger partial charge in [0, 0.05) is 35.3 Å². The first kappa shape index (κ1) is 19.0. The molecule has 0 saturated heterocycles. The lowest BCUT2D eigenvalue weighted by atomic mass is 10.1. The van der Waals surface area contributed by atoms with E-state index < -0.39 is 0 Å². The number of nitrogens with one attached hydrogen (secondary N) is 1. The Hall–Kier alpha value is -3.38. The summed E-state index contributed by atoms with van der Waals surface area (Å²) in [5.41, 5.74) is 3.09. The van der Waals surface area contributed by atoms with E-state index in [0.29, 0.717) is 28.6 Å². The number of anilines is 2. The molecule has 0 atom stereocenters. The highest BCUT2D eigenvalue weighted by atomic mass is 35.5. The standard InChI is InChI=1S/C22H18ClN3O3/c23-17-3-6-19(7-4-17)29-14-21(27)25-18-5-8-20-15(12-18)9-11-26(20)22(28)16-2-1-10-24-13-16/h1-8,10,12-13H,9,11,14H2,(H,25,27). The zero-order chi connectivity index (χ0) is 20.2. The summed E-state index contributed by atoms with van der Waals surface area (Å²) in [6.07, 6.45) is 3.93. The van der Waals surface area contributed by atoms with Crippen LogP contribution in [0, 0.1) is 0 Å². The minimum absolute atomic E-state index is 0.0787. The van der Waals surface area contributed by atoms with Crippen LogP contribution in [0.4, 0.5) is 11.4 Å². The van der Waals surface area contributed by atoms with Crippen LogP contribution in [-0.2, 0) is 11.2 Å². The van der Waals surface area contributed by atoms with E-state index >= 15 is 0 Å². The highest BCUT2D eigenvalue weighted by molar-refractivity contribution is 6.30. The van der Waals surface area contributed by atoms with E-state index in [2.05, 4.69) is 10.3 Å². The highest BCUT2D eigenvalue weighted by Gasteiger charge is 2.26. The molecule has 29 heavy (non-hydrogen) atoms. The van der Waals surface area contributed by atoms with Gasteiger partial charge in [0.05, 0.1) is 5.56 Å². The smallest absolute Gasteiger partial charge is 0.262 e. The number of ether oxygens (including phenoxy) is 1. The van der Waals surface area contributed by atoms with E-state index in [-0.39, 0.29) is 18.4 Å². The van der Waals surface area contributed by atoms with Crippen LogP contribution in [0.3, 0.4) is 0 Å². The van der Waals surface area contributed by atoms with Gasteiger partial charge in [-0.3, -0.25) is 14.6 Å². The predicted molar refractivity (Wildman–Crippen MR) is 112 cm³/mol. The summed E-state index contributed by atoms with van der Waals surface area (Å²) < 4.78 is 5.46. The molecule has 1 aliphatic heterocycles. The van der Waals surface area contributed by atoms with E-state index in [1.54, 1.807) is 59.8 Å². The average Bonchev–Trinajstić information content (AvgIpc) is 3.16. The van der Waals surface area contributed by atoms with Crippen molar-refractivity contribution >= 4 is 34.8 Å². The number of amides is 2. The highest BCUT2D eigenvalue weighted by Crippen LogP contribution is 2.31. The number of fused-ring (bicyclic) bond motifs is 1. The summed E-state index contributed by atoms with van der Waals surface area (Å²) in [4.78, 5) is 30.6. The van der Waals surface area contributed by atoms with Crippen LogP contribution in [0.15, 0.2) is 67.0 Å².